The minimum atomic E-state index is -2.20. The molecule has 2 aliphatic heterocycles. The maximum atomic E-state index is 12.1. The maximum Gasteiger partial charge on any atom is 0.551 e. The number of piperazine rings is 1. The summed E-state index contributed by atoms with van der Waals surface area (Å²) in [5.41, 5.74) is 0. The zero-order valence-corrected chi connectivity index (χ0v) is 8.16. The normalized spacial score (nSPS) is 26.1. The Bertz CT molecular complexity index is 184. The van der Waals surface area contributed by atoms with Crippen LogP contribution in [0.2, 0.25) is 0 Å². The third-order valence-electron chi connectivity index (χ3n) is 2.94. The lowest BCUT2D eigenvalue weighted by Gasteiger charge is -2.42. The molecular weight excluding hydrogens is 189 g/mol. The lowest BCUT2D eigenvalue weighted by Crippen LogP contribution is -2.57. The van der Waals surface area contributed by atoms with Gasteiger partial charge in [-0.3, -0.25) is 13.5 Å². The summed E-state index contributed by atoms with van der Waals surface area (Å²) < 4.78 is 29.3. The van der Waals surface area contributed by atoms with Crippen LogP contribution in [0.25, 0.3) is 0 Å². The van der Waals surface area contributed by atoms with E-state index in [4.69, 9.17) is 4.74 Å². The topological polar surface area (TPSA) is 15.7 Å². The van der Waals surface area contributed by atoms with E-state index < -0.39 is 7.27 Å². The van der Waals surface area contributed by atoms with Crippen molar-refractivity contribution < 1.29 is 13.4 Å². The van der Waals surface area contributed by atoms with Gasteiger partial charge in [-0.2, -0.15) is 0 Å². The van der Waals surface area contributed by atoms with Crippen molar-refractivity contribution in [3.05, 3.63) is 0 Å². The second-order valence-electron chi connectivity index (χ2n) is 3.92. The van der Waals surface area contributed by atoms with Gasteiger partial charge in [-0.1, -0.05) is 0 Å². The average Bonchev–Trinajstić information content (AvgIpc) is 2.04. The highest BCUT2D eigenvalue weighted by Gasteiger charge is 2.30. The molecule has 0 aliphatic carbocycles. The van der Waals surface area contributed by atoms with Crippen molar-refractivity contribution in [1.29, 1.82) is 0 Å². The highest BCUT2D eigenvalue weighted by molar-refractivity contribution is 6.42. The third-order valence-corrected chi connectivity index (χ3v) is 2.94. The minimum Gasteiger partial charge on any atom is -0.378 e. The summed E-state index contributed by atoms with van der Waals surface area (Å²) in [5.74, 6) is 0. The Morgan fingerprint density at radius 1 is 1.14 bits per heavy atom. The molecule has 2 saturated heterocycles. The van der Waals surface area contributed by atoms with Gasteiger partial charge in [-0.25, -0.2) is 0 Å². The van der Waals surface area contributed by atoms with Gasteiger partial charge in [0, 0.05) is 32.6 Å². The first-order chi connectivity index (χ1) is 6.75. The zero-order chi connectivity index (χ0) is 9.97. The highest BCUT2D eigenvalue weighted by Crippen LogP contribution is 2.13. The van der Waals surface area contributed by atoms with Gasteiger partial charge >= 0.3 is 7.27 Å². The van der Waals surface area contributed by atoms with E-state index in [9.17, 15) is 8.63 Å². The van der Waals surface area contributed by atoms with Crippen LogP contribution in [0, 0.1) is 0 Å². The van der Waals surface area contributed by atoms with Crippen molar-refractivity contribution in [2.24, 2.45) is 0 Å². The summed E-state index contributed by atoms with van der Waals surface area (Å²) in [4.78, 5) is 4.17. The number of rotatable bonds is 3. The molecule has 0 N–H and O–H groups in total. The fraction of sp³-hybridized carbons (Fsp3) is 1.00. The minimum absolute atomic E-state index is 0.0744. The van der Waals surface area contributed by atoms with E-state index in [2.05, 4.69) is 4.90 Å². The van der Waals surface area contributed by atoms with Crippen molar-refractivity contribution in [3.63, 3.8) is 0 Å². The number of ether oxygens (including phenoxy) is 1. The summed E-state index contributed by atoms with van der Waals surface area (Å²) in [6.07, 6.45) is -0.0744. The van der Waals surface area contributed by atoms with Crippen molar-refractivity contribution in [3.8, 4) is 0 Å². The molecule has 0 spiro atoms. The largest absolute Gasteiger partial charge is 0.551 e. The van der Waals surface area contributed by atoms with Crippen molar-refractivity contribution in [2.75, 3.05) is 45.8 Å². The van der Waals surface area contributed by atoms with Crippen LogP contribution in [0.1, 0.15) is 0 Å². The van der Waals surface area contributed by atoms with Crippen LogP contribution in [0.5, 0.6) is 0 Å². The van der Waals surface area contributed by atoms with Gasteiger partial charge in [-0.05, 0) is 0 Å². The summed E-state index contributed by atoms with van der Waals surface area (Å²) in [6.45, 7) is 4.97. The van der Waals surface area contributed by atoms with E-state index in [0.29, 0.717) is 6.04 Å². The number of hydrogen-bond acceptors (Lipinski definition) is 3. The second-order valence-corrected chi connectivity index (χ2v) is 3.92. The smallest absolute Gasteiger partial charge is 0.378 e. The van der Waals surface area contributed by atoms with Crippen LogP contribution in [0.15, 0.2) is 0 Å². The molecule has 0 aromatic rings. The predicted molar refractivity (Wildman–Crippen MR) is 50.6 cm³/mol. The zero-order valence-electron chi connectivity index (χ0n) is 8.16. The summed E-state index contributed by atoms with van der Waals surface area (Å²) in [6, 6.07) is 0.545. The van der Waals surface area contributed by atoms with Crippen LogP contribution < -0.4 is 0 Å². The van der Waals surface area contributed by atoms with Gasteiger partial charge in [-0.15, -0.1) is 0 Å². The van der Waals surface area contributed by atoms with E-state index in [-0.39, 0.29) is 6.44 Å². The number of halogens is 2. The van der Waals surface area contributed by atoms with Crippen molar-refractivity contribution in [2.45, 2.75) is 6.04 Å². The molecule has 0 amide bonds. The lowest BCUT2D eigenvalue weighted by molar-refractivity contribution is -0.0759. The van der Waals surface area contributed by atoms with Crippen LogP contribution in [0.4, 0.5) is 8.63 Å². The van der Waals surface area contributed by atoms with E-state index in [1.807, 2.05) is 4.90 Å². The van der Waals surface area contributed by atoms with E-state index >= 15 is 0 Å². The Labute approximate surface area is 83.2 Å². The molecular formula is C8H15BF2N2O. The van der Waals surface area contributed by atoms with Gasteiger partial charge in [0.25, 0.3) is 0 Å². The van der Waals surface area contributed by atoms with Gasteiger partial charge in [0.05, 0.1) is 19.3 Å². The number of nitrogens with zero attached hydrogens (tertiary/aromatic N) is 2. The molecule has 0 aromatic carbocycles. The predicted octanol–water partition coefficient (Wildman–Crippen LogP) is -0.0308. The first kappa shape index (κ1) is 10.3. The molecule has 2 rings (SSSR count). The first-order valence-electron chi connectivity index (χ1n) is 5.08. The molecule has 0 atom stereocenters. The van der Waals surface area contributed by atoms with Gasteiger partial charge in [0.15, 0.2) is 0 Å². The Hall–Kier alpha value is -0.195. The van der Waals surface area contributed by atoms with E-state index in [0.717, 1.165) is 39.4 Å². The molecule has 2 aliphatic rings. The standard InChI is InChI=1S/C8H15BF2N2O/c10-9(11)7-12-1-3-13(4-2-12)8-5-14-6-8/h8H,1-7H2. The molecule has 14 heavy (non-hydrogen) atoms. The number of hydrogen-bond donors (Lipinski definition) is 0. The SMILES string of the molecule is FB(F)CN1CCN(C2COC2)CC1. The molecule has 2 heterocycles. The molecule has 0 unspecified atom stereocenters. The van der Waals surface area contributed by atoms with Crippen LogP contribution in [-0.4, -0.2) is 68.9 Å². The Morgan fingerprint density at radius 2 is 1.79 bits per heavy atom. The molecule has 80 valence electrons. The molecule has 0 radical (unpaired) electrons. The second kappa shape index (κ2) is 4.55. The Balaban J connectivity index is 1.69. The van der Waals surface area contributed by atoms with Gasteiger partial charge in [0.2, 0.25) is 0 Å². The van der Waals surface area contributed by atoms with E-state index in [1.165, 1.54) is 0 Å². The quantitative estimate of drug-likeness (QED) is 0.600. The molecule has 0 saturated carbocycles. The van der Waals surface area contributed by atoms with Crippen molar-refractivity contribution >= 4 is 7.27 Å². The van der Waals surface area contributed by atoms with Crippen molar-refractivity contribution in [1.82, 2.24) is 9.80 Å². The summed E-state index contributed by atoms with van der Waals surface area (Å²) in [5, 5.41) is 0. The molecule has 3 nitrogen and oxygen atoms in total. The molecule has 0 aromatic heterocycles. The summed E-state index contributed by atoms with van der Waals surface area (Å²) in [7, 11) is -2.20. The fourth-order valence-electron chi connectivity index (χ4n) is 1.94. The van der Waals surface area contributed by atoms with Crippen LogP contribution in [0.3, 0.4) is 0 Å². The van der Waals surface area contributed by atoms with Crippen LogP contribution in [-0.2, 0) is 4.74 Å². The molecule has 6 heteroatoms. The third kappa shape index (κ3) is 2.43. The fourth-order valence-corrected chi connectivity index (χ4v) is 1.94. The highest BCUT2D eigenvalue weighted by atomic mass is 19.2. The molecule has 0 bridgehead atoms. The van der Waals surface area contributed by atoms with Crippen LogP contribution >= 0.6 is 0 Å². The first-order valence-corrected chi connectivity index (χ1v) is 5.08. The average molecular weight is 204 g/mol. The monoisotopic (exact) mass is 204 g/mol. The maximum absolute atomic E-state index is 12.1. The van der Waals surface area contributed by atoms with Gasteiger partial charge < -0.3 is 9.64 Å². The molecule has 2 fully saturated rings. The Morgan fingerprint density at radius 3 is 2.21 bits per heavy atom. The van der Waals surface area contributed by atoms with Gasteiger partial charge in [0.1, 0.15) is 0 Å². The van der Waals surface area contributed by atoms with E-state index in [1.54, 1.807) is 0 Å². The Kier molecular flexibility index (Phi) is 3.36. The summed E-state index contributed by atoms with van der Waals surface area (Å²) >= 11 is 0. The lowest BCUT2D eigenvalue weighted by atomic mass is 9.98.